The van der Waals surface area contributed by atoms with E-state index in [0.717, 1.165) is 12.8 Å². The lowest BCUT2D eigenvalue weighted by Crippen LogP contribution is -2.01. The summed E-state index contributed by atoms with van der Waals surface area (Å²) in [6.07, 6.45) is 3.25. The molecule has 0 fully saturated rings. The van der Waals surface area contributed by atoms with E-state index in [1.54, 1.807) is 0 Å². The summed E-state index contributed by atoms with van der Waals surface area (Å²) in [7, 11) is 0. The number of nitrogens with one attached hydrogen (secondary N) is 1. The van der Waals surface area contributed by atoms with E-state index >= 15 is 0 Å². The van der Waals surface area contributed by atoms with Crippen molar-refractivity contribution >= 4 is 28.8 Å². The van der Waals surface area contributed by atoms with Crippen molar-refractivity contribution in [3.8, 4) is 0 Å². The molecule has 2 aromatic rings. The van der Waals surface area contributed by atoms with E-state index in [4.69, 9.17) is 11.6 Å². The van der Waals surface area contributed by atoms with E-state index in [1.807, 2.05) is 24.3 Å². The van der Waals surface area contributed by atoms with E-state index in [9.17, 15) is 10.1 Å². The first kappa shape index (κ1) is 14.2. The zero-order valence-electron chi connectivity index (χ0n) is 10.8. The van der Waals surface area contributed by atoms with E-state index in [-0.39, 0.29) is 16.7 Å². The number of halogens is 1. The zero-order valence-corrected chi connectivity index (χ0v) is 11.6. The maximum atomic E-state index is 11.0. The highest BCUT2D eigenvalue weighted by molar-refractivity contribution is 6.31. The third-order valence-corrected chi connectivity index (χ3v) is 2.99. The Hall–Kier alpha value is -2.21. The van der Waals surface area contributed by atoms with Gasteiger partial charge in [-0.05, 0) is 24.1 Å². The van der Waals surface area contributed by atoms with Crippen LogP contribution < -0.4 is 5.32 Å². The first-order valence-corrected chi connectivity index (χ1v) is 6.50. The summed E-state index contributed by atoms with van der Waals surface area (Å²) in [5, 5.41) is 13.7. The molecule has 0 spiro atoms. The average molecular weight is 293 g/mol. The Kier molecular flexibility index (Phi) is 4.47. The van der Waals surface area contributed by atoms with Crippen LogP contribution in [-0.4, -0.2) is 14.9 Å². The van der Waals surface area contributed by atoms with Crippen LogP contribution >= 0.6 is 11.6 Å². The van der Waals surface area contributed by atoms with Gasteiger partial charge in [0, 0.05) is 5.69 Å². The van der Waals surface area contributed by atoms with Gasteiger partial charge in [0.25, 0.3) is 0 Å². The standard InChI is InChI=1S/C13H13ClN4O2/c1-2-3-9-4-6-10(7-5-9)17-13-11(18(19)20)12(14)15-8-16-13/h4-8H,2-3H2,1H3,(H,15,16,17). The highest BCUT2D eigenvalue weighted by atomic mass is 35.5. The molecule has 0 unspecified atom stereocenters. The smallest absolute Gasteiger partial charge is 0.334 e. The first-order valence-electron chi connectivity index (χ1n) is 6.12. The molecule has 20 heavy (non-hydrogen) atoms. The fourth-order valence-corrected chi connectivity index (χ4v) is 1.99. The molecule has 1 heterocycles. The molecular weight excluding hydrogens is 280 g/mol. The van der Waals surface area contributed by atoms with Gasteiger partial charge in [0.1, 0.15) is 6.33 Å². The SMILES string of the molecule is CCCc1ccc(Nc2ncnc(Cl)c2[N+](=O)[O-])cc1. The molecule has 6 nitrogen and oxygen atoms in total. The van der Waals surface area contributed by atoms with Crippen LogP contribution in [0.2, 0.25) is 5.15 Å². The van der Waals surface area contributed by atoms with Gasteiger partial charge in [-0.3, -0.25) is 10.1 Å². The molecule has 1 N–H and O–H groups in total. The van der Waals surface area contributed by atoms with Gasteiger partial charge in [0.15, 0.2) is 0 Å². The number of aromatic nitrogens is 2. The molecule has 1 aromatic carbocycles. The number of benzene rings is 1. The number of hydrogen-bond donors (Lipinski definition) is 1. The molecule has 2 rings (SSSR count). The van der Waals surface area contributed by atoms with Gasteiger partial charge in [-0.15, -0.1) is 0 Å². The predicted molar refractivity (Wildman–Crippen MR) is 77.4 cm³/mol. The summed E-state index contributed by atoms with van der Waals surface area (Å²) in [5.41, 5.74) is 1.60. The number of aryl methyl sites for hydroxylation is 1. The summed E-state index contributed by atoms with van der Waals surface area (Å²) in [5.74, 6) is 0.0817. The van der Waals surface area contributed by atoms with Crippen molar-refractivity contribution < 1.29 is 4.92 Å². The minimum absolute atomic E-state index is 0.0817. The number of rotatable bonds is 5. The Labute approximate surface area is 121 Å². The van der Waals surface area contributed by atoms with Crippen molar-refractivity contribution in [3.05, 3.63) is 51.4 Å². The van der Waals surface area contributed by atoms with Crippen molar-refractivity contribution in [1.82, 2.24) is 9.97 Å². The number of nitro groups is 1. The first-order chi connectivity index (χ1) is 9.61. The Morgan fingerprint density at radius 1 is 1.30 bits per heavy atom. The highest BCUT2D eigenvalue weighted by Gasteiger charge is 2.21. The fourth-order valence-electron chi connectivity index (χ4n) is 1.79. The van der Waals surface area contributed by atoms with Crippen LogP contribution in [0.25, 0.3) is 0 Å². The van der Waals surface area contributed by atoms with Crippen LogP contribution in [0.5, 0.6) is 0 Å². The zero-order chi connectivity index (χ0) is 14.5. The van der Waals surface area contributed by atoms with Crippen LogP contribution in [0.1, 0.15) is 18.9 Å². The van der Waals surface area contributed by atoms with Gasteiger partial charge in [-0.1, -0.05) is 37.1 Å². The molecular formula is C13H13ClN4O2. The molecule has 0 atom stereocenters. The second-order valence-corrected chi connectivity index (χ2v) is 4.55. The Morgan fingerprint density at radius 2 is 2.00 bits per heavy atom. The van der Waals surface area contributed by atoms with Gasteiger partial charge < -0.3 is 5.32 Å². The summed E-state index contributed by atoms with van der Waals surface area (Å²) >= 11 is 5.72. The van der Waals surface area contributed by atoms with E-state index < -0.39 is 4.92 Å². The van der Waals surface area contributed by atoms with Crippen LogP contribution in [0.3, 0.4) is 0 Å². The molecule has 0 bridgehead atoms. The van der Waals surface area contributed by atoms with Gasteiger partial charge in [-0.25, -0.2) is 9.97 Å². The van der Waals surface area contributed by atoms with Crippen molar-refractivity contribution in [2.75, 3.05) is 5.32 Å². The minimum atomic E-state index is -0.601. The molecule has 0 aliphatic rings. The molecule has 0 saturated carbocycles. The van der Waals surface area contributed by atoms with Crippen molar-refractivity contribution in [2.24, 2.45) is 0 Å². The predicted octanol–water partition coefficient (Wildman–Crippen LogP) is 3.73. The minimum Gasteiger partial charge on any atom is -0.334 e. The molecule has 0 amide bonds. The number of anilines is 2. The number of nitrogens with zero attached hydrogens (tertiary/aromatic N) is 3. The van der Waals surface area contributed by atoms with Crippen molar-refractivity contribution in [2.45, 2.75) is 19.8 Å². The lowest BCUT2D eigenvalue weighted by molar-refractivity contribution is -0.384. The lowest BCUT2D eigenvalue weighted by Gasteiger charge is -2.07. The van der Waals surface area contributed by atoms with Gasteiger partial charge >= 0.3 is 5.69 Å². The van der Waals surface area contributed by atoms with Gasteiger partial charge in [0.05, 0.1) is 4.92 Å². The van der Waals surface area contributed by atoms with E-state index in [0.29, 0.717) is 5.69 Å². The third kappa shape index (κ3) is 3.21. The second kappa shape index (κ2) is 6.29. The Bertz CT molecular complexity index is 616. The summed E-state index contributed by atoms with van der Waals surface area (Å²) < 4.78 is 0. The summed E-state index contributed by atoms with van der Waals surface area (Å²) in [6, 6.07) is 7.65. The van der Waals surface area contributed by atoms with Crippen molar-refractivity contribution in [1.29, 1.82) is 0 Å². The molecule has 0 aliphatic carbocycles. The average Bonchev–Trinajstić information content (AvgIpc) is 2.41. The Balaban J connectivity index is 2.26. The quantitative estimate of drug-likeness (QED) is 0.516. The molecule has 7 heteroatoms. The third-order valence-electron chi connectivity index (χ3n) is 2.72. The maximum Gasteiger partial charge on any atom is 0.348 e. The van der Waals surface area contributed by atoms with Crippen LogP contribution in [0.15, 0.2) is 30.6 Å². The van der Waals surface area contributed by atoms with Crippen LogP contribution in [-0.2, 0) is 6.42 Å². The maximum absolute atomic E-state index is 11.0. The van der Waals surface area contributed by atoms with Gasteiger partial charge in [-0.2, -0.15) is 0 Å². The molecule has 0 radical (unpaired) electrons. The van der Waals surface area contributed by atoms with E-state index in [1.165, 1.54) is 11.9 Å². The van der Waals surface area contributed by atoms with E-state index in [2.05, 4.69) is 22.2 Å². The number of hydrogen-bond acceptors (Lipinski definition) is 5. The second-order valence-electron chi connectivity index (χ2n) is 4.19. The topological polar surface area (TPSA) is 81.0 Å². The van der Waals surface area contributed by atoms with Crippen LogP contribution in [0, 0.1) is 10.1 Å². The van der Waals surface area contributed by atoms with Crippen LogP contribution in [0.4, 0.5) is 17.2 Å². The molecule has 1 aromatic heterocycles. The van der Waals surface area contributed by atoms with Gasteiger partial charge in [0.2, 0.25) is 11.0 Å². The van der Waals surface area contributed by atoms with Crippen molar-refractivity contribution in [3.63, 3.8) is 0 Å². The summed E-state index contributed by atoms with van der Waals surface area (Å²) in [4.78, 5) is 17.9. The Morgan fingerprint density at radius 3 is 2.60 bits per heavy atom. The molecule has 0 saturated heterocycles. The summed E-state index contributed by atoms with van der Waals surface area (Å²) in [6.45, 7) is 2.11. The largest absolute Gasteiger partial charge is 0.348 e. The normalized spacial score (nSPS) is 10.3. The monoisotopic (exact) mass is 292 g/mol. The fraction of sp³-hybridized carbons (Fsp3) is 0.231. The molecule has 104 valence electrons. The molecule has 0 aliphatic heterocycles. The lowest BCUT2D eigenvalue weighted by atomic mass is 10.1. The highest BCUT2D eigenvalue weighted by Crippen LogP contribution is 2.30.